The van der Waals surface area contributed by atoms with E-state index < -0.39 is 0 Å². The molecule has 1 unspecified atom stereocenters. The molecule has 2 saturated heterocycles. The quantitative estimate of drug-likeness (QED) is 0.767. The number of rotatable bonds is 4. The Hall–Kier alpha value is -0.570. The number of hydrogen-bond acceptors (Lipinski definition) is 2. The fourth-order valence-corrected chi connectivity index (χ4v) is 3.46. The maximum Gasteiger partial charge on any atom is 0.222 e. The van der Waals surface area contributed by atoms with Crippen molar-refractivity contribution in [2.45, 2.75) is 45.4 Å². The Balaban J connectivity index is 1.82. The van der Waals surface area contributed by atoms with Crippen LogP contribution in [0, 0.1) is 11.8 Å². The van der Waals surface area contributed by atoms with Crippen LogP contribution in [0.25, 0.3) is 0 Å². The molecule has 0 radical (unpaired) electrons. The lowest BCUT2D eigenvalue weighted by molar-refractivity contribution is -0.131. The van der Waals surface area contributed by atoms with Gasteiger partial charge in [0.15, 0.2) is 0 Å². The highest BCUT2D eigenvalue weighted by molar-refractivity contribution is 5.76. The summed E-state index contributed by atoms with van der Waals surface area (Å²) in [4.78, 5) is 16.7. The fraction of sp³-hybridized carbons (Fsp3) is 0.933. The first-order valence-corrected chi connectivity index (χ1v) is 7.67. The van der Waals surface area contributed by atoms with Crippen LogP contribution in [0.15, 0.2) is 0 Å². The van der Waals surface area contributed by atoms with Crippen molar-refractivity contribution >= 4 is 5.91 Å². The second kappa shape index (κ2) is 6.55. The lowest BCUT2D eigenvalue weighted by Gasteiger charge is -2.34. The van der Waals surface area contributed by atoms with Crippen LogP contribution in [0.2, 0.25) is 0 Å². The summed E-state index contributed by atoms with van der Waals surface area (Å²) in [6.07, 6.45) is 6.93. The van der Waals surface area contributed by atoms with E-state index in [0.29, 0.717) is 11.8 Å². The van der Waals surface area contributed by atoms with Crippen molar-refractivity contribution in [3.8, 4) is 0 Å². The summed E-state index contributed by atoms with van der Waals surface area (Å²) in [6.45, 7) is 6.67. The lowest BCUT2D eigenvalue weighted by Crippen LogP contribution is -2.36. The van der Waals surface area contributed by atoms with Gasteiger partial charge in [0.1, 0.15) is 0 Å². The van der Waals surface area contributed by atoms with E-state index in [1.807, 2.05) is 0 Å². The number of amides is 1. The fourth-order valence-electron chi connectivity index (χ4n) is 3.46. The summed E-state index contributed by atoms with van der Waals surface area (Å²) in [6, 6.07) is 0. The van der Waals surface area contributed by atoms with Crippen LogP contribution in [-0.4, -0.2) is 48.9 Å². The molecule has 0 spiro atoms. The molecule has 3 heteroatoms. The molecule has 2 aliphatic heterocycles. The molecule has 1 atom stereocenters. The summed E-state index contributed by atoms with van der Waals surface area (Å²) < 4.78 is 0. The maximum atomic E-state index is 12.2. The molecule has 0 saturated carbocycles. The molecule has 1 amide bonds. The van der Waals surface area contributed by atoms with Gasteiger partial charge in [0, 0.05) is 19.5 Å². The highest BCUT2D eigenvalue weighted by Gasteiger charge is 2.28. The van der Waals surface area contributed by atoms with Crippen LogP contribution in [0.5, 0.6) is 0 Å². The Kier molecular flexibility index (Phi) is 5.04. The van der Waals surface area contributed by atoms with Crippen molar-refractivity contribution in [2.24, 2.45) is 11.8 Å². The van der Waals surface area contributed by atoms with Crippen LogP contribution in [-0.2, 0) is 4.79 Å². The van der Waals surface area contributed by atoms with Crippen LogP contribution in [0.1, 0.15) is 45.4 Å². The van der Waals surface area contributed by atoms with Gasteiger partial charge in [-0.25, -0.2) is 0 Å². The minimum absolute atomic E-state index is 0.415. The predicted octanol–water partition coefficient (Wildman–Crippen LogP) is 2.37. The van der Waals surface area contributed by atoms with Crippen LogP contribution < -0.4 is 0 Å². The molecular formula is C15H28N2O. The zero-order valence-corrected chi connectivity index (χ0v) is 12.0. The van der Waals surface area contributed by atoms with Crippen LogP contribution >= 0.6 is 0 Å². The molecule has 0 aliphatic carbocycles. The Bertz CT molecular complexity index is 266. The highest BCUT2D eigenvalue weighted by atomic mass is 16.2. The average Bonchev–Trinajstić information content (AvgIpc) is 2.91. The first-order valence-electron chi connectivity index (χ1n) is 7.67. The molecule has 0 aromatic heterocycles. The summed E-state index contributed by atoms with van der Waals surface area (Å²) in [5.74, 6) is 1.81. The van der Waals surface area contributed by atoms with E-state index in [-0.39, 0.29) is 0 Å². The van der Waals surface area contributed by atoms with Crippen molar-refractivity contribution in [1.29, 1.82) is 0 Å². The molecule has 2 rings (SSSR count). The Morgan fingerprint density at radius 3 is 2.33 bits per heavy atom. The largest absolute Gasteiger partial charge is 0.343 e. The van der Waals surface area contributed by atoms with Gasteiger partial charge < -0.3 is 9.80 Å². The molecule has 104 valence electrons. The third-order valence-corrected chi connectivity index (χ3v) is 4.85. The van der Waals surface area contributed by atoms with Gasteiger partial charge in [-0.1, -0.05) is 13.3 Å². The van der Waals surface area contributed by atoms with Gasteiger partial charge >= 0.3 is 0 Å². The minimum atomic E-state index is 0.415. The summed E-state index contributed by atoms with van der Waals surface area (Å²) in [5, 5.41) is 0. The summed E-state index contributed by atoms with van der Waals surface area (Å²) in [7, 11) is 2.20. The van der Waals surface area contributed by atoms with Gasteiger partial charge in [-0.2, -0.15) is 0 Å². The first kappa shape index (κ1) is 13.9. The normalized spacial score (nSPS) is 24.4. The molecule has 3 nitrogen and oxygen atoms in total. The number of hydrogen-bond donors (Lipinski definition) is 0. The molecular weight excluding hydrogens is 224 g/mol. The first-order chi connectivity index (χ1) is 8.70. The standard InChI is InChI=1S/C15H28N2O/c1-3-13(14-6-10-16(2)11-7-14)12-15(18)17-8-4-5-9-17/h13-14H,3-12H2,1-2H3. The SMILES string of the molecule is CCC(CC(=O)N1CCCC1)C1CCN(C)CC1. The predicted molar refractivity (Wildman–Crippen MR) is 74.4 cm³/mol. The third kappa shape index (κ3) is 3.47. The van der Waals surface area contributed by atoms with Crippen molar-refractivity contribution in [2.75, 3.05) is 33.2 Å². The van der Waals surface area contributed by atoms with Gasteiger partial charge in [0.2, 0.25) is 5.91 Å². The molecule has 0 aromatic carbocycles. The summed E-state index contributed by atoms with van der Waals surface area (Å²) >= 11 is 0. The van der Waals surface area contributed by atoms with Gasteiger partial charge in [-0.15, -0.1) is 0 Å². The molecule has 2 fully saturated rings. The van der Waals surface area contributed by atoms with E-state index in [2.05, 4.69) is 23.8 Å². The van der Waals surface area contributed by atoms with Crippen molar-refractivity contribution in [1.82, 2.24) is 9.80 Å². The monoisotopic (exact) mass is 252 g/mol. The molecule has 2 aliphatic rings. The zero-order chi connectivity index (χ0) is 13.0. The van der Waals surface area contributed by atoms with E-state index in [1.54, 1.807) is 0 Å². The number of nitrogens with zero attached hydrogens (tertiary/aromatic N) is 2. The van der Waals surface area contributed by atoms with E-state index in [1.165, 1.54) is 38.8 Å². The third-order valence-electron chi connectivity index (χ3n) is 4.85. The number of piperidine rings is 1. The second-order valence-corrected chi connectivity index (χ2v) is 6.10. The summed E-state index contributed by atoms with van der Waals surface area (Å²) in [5.41, 5.74) is 0. The number of carbonyl (C=O) groups excluding carboxylic acids is 1. The van der Waals surface area contributed by atoms with Gasteiger partial charge in [0.25, 0.3) is 0 Å². The number of likely N-dealkylation sites (tertiary alicyclic amines) is 2. The maximum absolute atomic E-state index is 12.2. The van der Waals surface area contributed by atoms with E-state index in [4.69, 9.17) is 0 Å². The smallest absolute Gasteiger partial charge is 0.222 e. The van der Waals surface area contributed by atoms with Crippen molar-refractivity contribution in [3.05, 3.63) is 0 Å². The van der Waals surface area contributed by atoms with Crippen molar-refractivity contribution < 1.29 is 4.79 Å². The van der Waals surface area contributed by atoms with E-state index >= 15 is 0 Å². The molecule has 0 bridgehead atoms. The molecule has 2 heterocycles. The van der Waals surface area contributed by atoms with Crippen LogP contribution in [0.4, 0.5) is 0 Å². The molecule has 0 aromatic rings. The molecule has 18 heavy (non-hydrogen) atoms. The zero-order valence-electron chi connectivity index (χ0n) is 12.0. The number of carbonyl (C=O) groups is 1. The van der Waals surface area contributed by atoms with Gasteiger partial charge in [0.05, 0.1) is 0 Å². The molecule has 0 N–H and O–H groups in total. The van der Waals surface area contributed by atoms with E-state index in [0.717, 1.165) is 31.8 Å². The van der Waals surface area contributed by atoms with Crippen LogP contribution in [0.3, 0.4) is 0 Å². The van der Waals surface area contributed by atoms with Crippen molar-refractivity contribution in [3.63, 3.8) is 0 Å². The highest BCUT2D eigenvalue weighted by Crippen LogP contribution is 2.30. The lowest BCUT2D eigenvalue weighted by atomic mass is 9.80. The van der Waals surface area contributed by atoms with Gasteiger partial charge in [-0.3, -0.25) is 4.79 Å². The Morgan fingerprint density at radius 1 is 1.17 bits per heavy atom. The Labute approximate surface area is 112 Å². The topological polar surface area (TPSA) is 23.6 Å². The minimum Gasteiger partial charge on any atom is -0.343 e. The van der Waals surface area contributed by atoms with E-state index in [9.17, 15) is 4.79 Å². The Morgan fingerprint density at radius 2 is 1.78 bits per heavy atom. The van der Waals surface area contributed by atoms with Gasteiger partial charge in [-0.05, 0) is 57.7 Å². The average molecular weight is 252 g/mol. The second-order valence-electron chi connectivity index (χ2n) is 6.10.